The lowest BCUT2D eigenvalue weighted by Gasteiger charge is -2.07. The van der Waals surface area contributed by atoms with E-state index in [2.05, 4.69) is 5.32 Å². The Morgan fingerprint density at radius 2 is 2.28 bits per heavy atom. The SMILES string of the molecule is CC(O)CCNC(=O)c1cc(F)ccc1[N+](=O)[O-]. The van der Waals surface area contributed by atoms with Gasteiger partial charge in [-0.05, 0) is 25.5 Å². The fourth-order valence-corrected chi connectivity index (χ4v) is 1.34. The number of aliphatic hydroxyl groups excluding tert-OH is 1. The molecule has 1 aromatic carbocycles. The molecule has 0 saturated carbocycles. The summed E-state index contributed by atoms with van der Waals surface area (Å²) in [7, 11) is 0. The molecule has 1 atom stereocenters. The van der Waals surface area contributed by atoms with Gasteiger partial charge < -0.3 is 10.4 Å². The Hall–Kier alpha value is -2.02. The lowest BCUT2D eigenvalue weighted by Crippen LogP contribution is -2.27. The lowest BCUT2D eigenvalue weighted by atomic mass is 10.1. The smallest absolute Gasteiger partial charge is 0.282 e. The van der Waals surface area contributed by atoms with Gasteiger partial charge in [-0.3, -0.25) is 14.9 Å². The number of aliphatic hydroxyl groups is 1. The fraction of sp³-hybridized carbons (Fsp3) is 0.364. The zero-order chi connectivity index (χ0) is 13.7. The summed E-state index contributed by atoms with van der Waals surface area (Å²) < 4.78 is 13.0. The first kappa shape index (κ1) is 14.0. The van der Waals surface area contributed by atoms with E-state index in [1.807, 2.05) is 0 Å². The maximum atomic E-state index is 13.0. The predicted octanol–water partition coefficient (Wildman–Crippen LogP) is 1.23. The van der Waals surface area contributed by atoms with Crippen LogP contribution in [0.1, 0.15) is 23.7 Å². The highest BCUT2D eigenvalue weighted by Crippen LogP contribution is 2.19. The Morgan fingerprint density at radius 3 is 2.83 bits per heavy atom. The van der Waals surface area contributed by atoms with Crippen molar-refractivity contribution in [2.75, 3.05) is 6.54 Å². The van der Waals surface area contributed by atoms with Crippen LogP contribution in [0.4, 0.5) is 10.1 Å². The zero-order valence-electron chi connectivity index (χ0n) is 9.72. The van der Waals surface area contributed by atoms with E-state index in [1.54, 1.807) is 6.92 Å². The number of nitrogens with zero attached hydrogens (tertiary/aromatic N) is 1. The van der Waals surface area contributed by atoms with Crippen molar-refractivity contribution in [2.24, 2.45) is 0 Å². The summed E-state index contributed by atoms with van der Waals surface area (Å²) >= 11 is 0. The molecule has 0 radical (unpaired) electrons. The van der Waals surface area contributed by atoms with E-state index in [-0.39, 0.29) is 12.1 Å². The van der Waals surface area contributed by atoms with E-state index >= 15 is 0 Å². The van der Waals surface area contributed by atoms with Crippen LogP contribution in [0.3, 0.4) is 0 Å². The van der Waals surface area contributed by atoms with E-state index in [0.717, 1.165) is 18.2 Å². The third-order valence-corrected chi connectivity index (χ3v) is 2.25. The summed E-state index contributed by atoms with van der Waals surface area (Å²) in [5.41, 5.74) is -0.781. The second kappa shape index (κ2) is 6.06. The highest BCUT2D eigenvalue weighted by molar-refractivity contribution is 5.98. The highest BCUT2D eigenvalue weighted by Gasteiger charge is 2.20. The summed E-state index contributed by atoms with van der Waals surface area (Å²) in [6, 6.07) is 2.68. The van der Waals surface area contributed by atoms with Crippen molar-refractivity contribution in [3.8, 4) is 0 Å². The minimum Gasteiger partial charge on any atom is -0.393 e. The second-order valence-electron chi connectivity index (χ2n) is 3.81. The summed E-state index contributed by atoms with van der Waals surface area (Å²) in [6.45, 7) is 1.71. The molecule has 6 nitrogen and oxygen atoms in total. The van der Waals surface area contributed by atoms with Gasteiger partial charge in [0, 0.05) is 12.6 Å². The van der Waals surface area contributed by atoms with Crippen LogP contribution in [0.25, 0.3) is 0 Å². The molecule has 0 bridgehead atoms. The molecule has 98 valence electrons. The molecule has 0 aliphatic heterocycles. The van der Waals surface area contributed by atoms with Crippen molar-refractivity contribution in [2.45, 2.75) is 19.4 Å². The fourth-order valence-electron chi connectivity index (χ4n) is 1.34. The number of carbonyl (C=O) groups excluding carboxylic acids is 1. The van der Waals surface area contributed by atoms with Gasteiger partial charge in [0.25, 0.3) is 11.6 Å². The van der Waals surface area contributed by atoms with Crippen LogP contribution in [-0.2, 0) is 0 Å². The number of carbonyl (C=O) groups is 1. The number of nitro benzene ring substituents is 1. The minimum absolute atomic E-state index is 0.157. The molecule has 0 heterocycles. The first-order chi connectivity index (χ1) is 8.41. The van der Waals surface area contributed by atoms with Gasteiger partial charge >= 0.3 is 0 Å². The highest BCUT2D eigenvalue weighted by atomic mass is 19.1. The Morgan fingerprint density at radius 1 is 1.61 bits per heavy atom. The predicted molar refractivity (Wildman–Crippen MR) is 61.7 cm³/mol. The largest absolute Gasteiger partial charge is 0.393 e. The van der Waals surface area contributed by atoms with Crippen LogP contribution in [0.5, 0.6) is 0 Å². The molecule has 0 fully saturated rings. The molecular formula is C11H13FN2O4. The number of hydrogen-bond acceptors (Lipinski definition) is 4. The quantitative estimate of drug-likeness (QED) is 0.612. The average Bonchev–Trinajstić information content (AvgIpc) is 2.27. The number of halogens is 1. The normalized spacial score (nSPS) is 11.9. The van der Waals surface area contributed by atoms with Crippen LogP contribution in [0.15, 0.2) is 18.2 Å². The summed E-state index contributed by atoms with van der Waals surface area (Å²) in [5.74, 6) is -1.46. The monoisotopic (exact) mass is 256 g/mol. The number of amides is 1. The van der Waals surface area contributed by atoms with E-state index in [9.17, 15) is 19.3 Å². The van der Waals surface area contributed by atoms with Gasteiger partial charge in [0.15, 0.2) is 0 Å². The van der Waals surface area contributed by atoms with Gasteiger partial charge in [0.1, 0.15) is 11.4 Å². The average molecular weight is 256 g/mol. The molecule has 1 unspecified atom stereocenters. The Labute approximate surface area is 103 Å². The molecule has 7 heteroatoms. The first-order valence-corrected chi connectivity index (χ1v) is 5.32. The van der Waals surface area contributed by atoms with Crippen LogP contribution >= 0.6 is 0 Å². The van der Waals surface area contributed by atoms with Crippen molar-refractivity contribution in [1.29, 1.82) is 0 Å². The molecule has 18 heavy (non-hydrogen) atoms. The van der Waals surface area contributed by atoms with Gasteiger partial charge in [-0.1, -0.05) is 0 Å². The standard InChI is InChI=1S/C11H13FN2O4/c1-7(15)4-5-13-11(16)9-6-8(12)2-3-10(9)14(17)18/h2-3,6-7,15H,4-5H2,1H3,(H,13,16). The Kier molecular flexibility index (Phi) is 4.73. The third kappa shape index (κ3) is 3.77. The third-order valence-electron chi connectivity index (χ3n) is 2.25. The number of rotatable bonds is 5. The van der Waals surface area contributed by atoms with Gasteiger partial charge in [-0.2, -0.15) is 0 Å². The van der Waals surface area contributed by atoms with E-state index < -0.39 is 28.4 Å². The topological polar surface area (TPSA) is 92.5 Å². The van der Waals surface area contributed by atoms with Crippen LogP contribution in [-0.4, -0.2) is 28.6 Å². The van der Waals surface area contributed by atoms with E-state index in [0.29, 0.717) is 6.42 Å². The Balaban J connectivity index is 2.84. The molecule has 0 saturated heterocycles. The summed E-state index contributed by atoms with van der Waals surface area (Å²) in [5, 5.41) is 22.1. The molecule has 0 spiro atoms. The van der Waals surface area contributed by atoms with Crippen molar-refractivity contribution >= 4 is 11.6 Å². The zero-order valence-corrected chi connectivity index (χ0v) is 9.72. The number of nitro groups is 1. The first-order valence-electron chi connectivity index (χ1n) is 5.32. The maximum absolute atomic E-state index is 13.0. The molecular weight excluding hydrogens is 243 g/mol. The number of nitrogens with one attached hydrogen (secondary N) is 1. The molecule has 1 amide bonds. The summed E-state index contributed by atoms with van der Waals surface area (Å²) in [6.07, 6.45) is -0.276. The molecule has 0 aromatic heterocycles. The van der Waals surface area contributed by atoms with Gasteiger partial charge in [0.05, 0.1) is 11.0 Å². The van der Waals surface area contributed by atoms with E-state index in [4.69, 9.17) is 5.11 Å². The maximum Gasteiger partial charge on any atom is 0.282 e. The summed E-state index contributed by atoms with van der Waals surface area (Å²) in [4.78, 5) is 21.6. The molecule has 1 aromatic rings. The van der Waals surface area contributed by atoms with Crippen LogP contribution in [0, 0.1) is 15.9 Å². The number of benzene rings is 1. The molecule has 1 rings (SSSR count). The molecule has 2 N–H and O–H groups in total. The van der Waals surface area contributed by atoms with Crippen LogP contribution < -0.4 is 5.32 Å². The van der Waals surface area contributed by atoms with Gasteiger partial charge in [-0.25, -0.2) is 4.39 Å². The van der Waals surface area contributed by atoms with E-state index in [1.165, 1.54) is 0 Å². The minimum atomic E-state index is -0.747. The lowest BCUT2D eigenvalue weighted by molar-refractivity contribution is -0.385. The Bertz CT molecular complexity index is 462. The molecule has 0 aliphatic carbocycles. The van der Waals surface area contributed by atoms with Gasteiger partial charge in [0.2, 0.25) is 0 Å². The van der Waals surface area contributed by atoms with Crippen molar-refractivity contribution < 1.29 is 19.2 Å². The number of hydrogen-bond donors (Lipinski definition) is 2. The van der Waals surface area contributed by atoms with Crippen LogP contribution in [0.2, 0.25) is 0 Å². The van der Waals surface area contributed by atoms with Crippen molar-refractivity contribution in [3.05, 3.63) is 39.7 Å². The molecule has 0 aliphatic rings. The van der Waals surface area contributed by atoms with Gasteiger partial charge in [-0.15, -0.1) is 0 Å². The van der Waals surface area contributed by atoms with Crippen molar-refractivity contribution in [3.63, 3.8) is 0 Å². The van der Waals surface area contributed by atoms with Crippen molar-refractivity contribution in [1.82, 2.24) is 5.32 Å². The second-order valence-corrected chi connectivity index (χ2v) is 3.81.